The van der Waals surface area contributed by atoms with Crippen LogP contribution in [0.25, 0.3) is 0 Å². The minimum Gasteiger partial charge on any atom is -0.370 e. The van der Waals surface area contributed by atoms with Gasteiger partial charge in [0.25, 0.3) is 5.91 Å². The van der Waals surface area contributed by atoms with Crippen molar-refractivity contribution in [1.29, 1.82) is 0 Å². The zero-order valence-corrected chi connectivity index (χ0v) is 21.2. The summed E-state index contributed by atoms with van der Waals surface area (Å²) in [6.07, 6.45) is -6.41. The van der Waals surface area contributed by atoms with Gasteiger partial charge < -0.3 is 9.64 Å². The first-order valence-corrected chi connectivity index (χ1v) is 12.9. The second kappa shape index (κ2) is 11.3. The van der Waals surface area contributed by atoms with E-state index in [1.165, 1.54) is 17.0 Å². The van der Waals surface area contributed by atoms with Crippen LogP contribution in [0.3, 0.4) is 0 Å². The van der Waals surface area contributed by atoms with Crippen LogP contribution in [0.15, 0.2) is 48.5 Å². The molecule has 0 spiro atoms. The van der Waals surface area contributed by atoms with E-state index in [-0.39, 0.29) is 24.9 Å². The largest absolute Gasteiger partial charge is 0.416 e. The Bertz CT molecular complexity index is 1070. The van der Waals surface area contributed by atoms with Crippen LogP contribution in [-0.2, 0) is 16.5 Å². The fraction of sp³-hybridized carbons (Fsp3) is 0.536. The van der Waals surface area contributed by atoms with Crippen LogP contribution >= 0.6 is 0 Å². The highest BCUT2D eigenvalue weighted by Crippen LogP contribution is 2.38. The van der Waals surface area contributed by atoms with E-state index < -0.39 is 30.1 Å². The van der Waals surface area contributed by atoms with Gasteiger partial charge in [-0.2, -0.15) is 26.3 Å². The van der Waals surface area contributed by atoms with Gasteiger partial charge in [-0.25, -0.2) is 0 Å². The topological polar surface area (TPSA) is 32.8 Å². The van der Waals surface area contributed by atoms with Crippen molar-refractivity contribution in [2.45, 2.75) is 56.5 Å². The monoisotopic (exact) mass is 542 g/mol. The Balaban J connectivity index is 1.36. The molecule has 2 aromatic carbocycles. The summed E-state index contributed by atoms with van der Waals surface area (Å²) in [6.45, 7) is 2.90. The predicted octanol–water partition coefficient (Wildman–Crippen LogP) is 6.62. The first kappa shape index (κ1) is 28.4. The second-order valence-corrected chi connectivity index (χ2v) is 10.1. The molecule has 0 unspecified atom stereocenters. The van der Waals surface area contributed by atoms with Crippen LogP contribution < -0.4 is 0 Å². The van der Waals surface area contributed by atoms with E-state index >= 15 is 0 Å². The molecule has 2 saturated heterocycles. The molecule has 2 aromatic rings. The van der Waals surface area contributed by atoms with Crippen LogP contribution in [-0.4, -0.2) is 61.2 Å². The first-order valence-electron chi connectivity index (χ1n) is 12.9. The molecule has 2 heterocycles. The maximum atomic E-state index is 13.1. The number of likely N-dealkylation sites (tertiary alicyclic amines) is 2. The number of hydrogen-bond acceptors (Lipinski definition) is 3. The molecule has 208 valence electrons. The lowest BCUT2D eigenvalue weighted by Crippen LogP contribution is -2.47. The van der Waals surface area contributed by atoms with Crippen molar-refractivity contribution in [3.05, 3.63) is 70.8 Å². The van der Waals surface area contributed by atoms with E-state index in [1.807, 2.05) is 19.1 Å². The number of hydrogen-bond donors (Lipinski definition) is 0. The number of halogens is 6. The minimum atomic E-state index is -4.36. The fourth-order valence-corrected chi connectivity index (χ4v) is 5.58. The zero-order valence-electron chi connectivity index (χ0n) is 21.2. The second-order valence-electron chi connectivity index (χ2n) is 10.1. The Kier molecular flexibility index (Phi) is 8.42. The first-order chi connectivity index (χ1) is 17.9. The molecule has 4 rings (SSSR count). The lowest BCUT2D eigenvalue weighted by molar-refractivity contribution is -0.159. The molecule has 38 heavy (non-hydrogen) atoms. The van der Waals surface area contributed by atoms with Crippen molar-refractivity contribution in [2.75, 3.05) is 39.3 Å². The number of piperidine rings is 2. The van der Waals surface area contributed by atoms with Crippen LogP contribution in [0.2, 0.25) is 0 Å². The van der Waals surface area contributed by atoms with Crippen molar-refractivity contribution in [3.8, 4) is 0 Å². The SMILES string of the molecule is CCOC1(c2ccc(C(=O)N3CCC(c4ccc(C(F)(F)F)cc4)CC3)cc2)CCN(CC(F)(F)F)CC1. The van der Waals surface area contributed by atoms with Gasteiger partial charge >= 0.3 is 12.4 Å². The summed E-state index contributed by atoms with van der Waals surface area (Å²) in [6, 6.07) is 12.4. The molecule has 0 radical (unpaired) electrons. The normalized spacial score (nSPS) is 19.5. The molecule has 0 atom stereocenters. The highest BCUT2D eigenvalue weighted by molar-refractivity contribution is 5.94. The van der Waals surface area contributed by atoms with Crippen molar-refractivity contribution >= 4 is 5.91 Å². The summed E-state index contributed by atoms with van der Waals surface area (Å²) >= 11 is 0. The molecule has 2 fully saturated rings. The molecular formula is C28H32F6N2O2. The van der Waals surface area contributed by atoms with Gasteiger partial charge in [0.1, 0.15) is 0 Å². The van der Waals surface area contributed by atoms with E-state index in [0.29, 0.717) is 50.9 Å². The summed E-state index contributed by atoms with van der Waals surface area (Å²) in [5.74, 6) is -0.0224. The standard InChI is InChI=1S/C28H32F6N2O2/c1-2-38-26(13-17-35(18-14-26)19-27(29,30)31)23-7-5-22(6-8-23)25(37)36-15-11-21(12-16-36)20-3-9-24(10-4-20)28(32,33)34/h3-10,21H,2,11-19H2,1H3. The molecular weight excluding hydrogens is 510 g/mol. The summed E-state index contributed by atoms with van der Waals surface area (Å²) in [5.41, 5.74) is 0.858. The average molecular weight is 543 g/mol. The van der Waals surface area contributed by atoms with Crippen LogP contribution in [0.1, 0.15) is 65.6 Å². The third kappa shape index (κ3) is 6.69. The Hall–Kier alpha value is -2.59. The van der Waals surface area contributed by atoms with Gasteiger partial charge in [-0.05, 0) is 73.9 Å². The molecule has 2 aliphatic heterocycles. The Morgan fingerprint density at radius 2 is 1.47 bits per heavy atom. The summed E-state index contributed by atoms with van der Waals surface area (Å²) in [4.78, 5) is 16.3. The maximum Gasteiger partial charge on any atom is 0.416 e. The zero-order chi connectivity index (χ0) is 27.6. The lowest BCUT2D eigenvalue weighted by atomic mass is 9.83. The van der Waals surface area contributed by atoms with Gasteiger partial charge in [0, 0.05) is 38.3 Å². The number of carbonyl (C=O) groups excluding carboxylic acids is 1. The number of nitrogens with zero attached hydrogens (tertiary/aromatic N) is 2. The molecule has 1 amide bonds. The maximum absolute atomic E-state index is 13.1. The van der Waals surface area contributed by atoms with E-state index in [1.54, 1.807) is 17.0 Å². The highest BCUT2D eigenvalue weighted by Gasteiger charge is 2.40. The number of benzene rings is 2. The lowest BCUT2D eigenvalue weighted by Gasteiger charge is -2.42. The molecule has 0 N–H and O–H groups in total. The van der Waals surface area contributed by atoms with Gasteiger partial charge in [-0.15, -0.1) is 0 Å². The average Bonchev–Trinajstić information content (AvgIpc) is 2.89. The molecule has 0 aromatic heterocycles. The Morgan fingerprint density at radius 3 is 1.97 bits per heavy atom. The van der Waals surface area contributed by atoms with E-state index in [0.717, 1.165) is 23.3 Å². The van der Waals surface area contributed by atoms with Crippen molar-refractivity contribution in [3.63, 3.8) is 0 Å². The third-order valence-corrected chi connectivity index (χ3v) is 7.64. The van der Waals surface area contributed by atoms with Gasteiger partial charge in [0.2, 0.25) is 0 Å². The fourth-order valence-electron chi connectivity index (χ4n) is 5.58. The predicted molar refractivity (Wildman–Crippen MR) is 131 cm³/mol. The molecule has 4 nitrogen and oxygen atoms in total. The van der Waals surface area contributed by atoms with Crippen LogP contribution in [0, 0.1) is 0 Å². The van der Waals surface area contributed by atoms with Crippen LogP contribution in [0.5, 0.6) is 0 Å². The number of ether oxygens (including phenoxy) is 1. The molecule has 0 bridgehead atoms. The van der Waals surface area contributed by atoms with Gasteiger partial charge in [-0.1, -0.05) is 24.3 Å². The Morgan fingerprint density at radius 1 is 0.895 bits per heavy atom. The van der Waals surface area contributed by atoms with E-state index in [4.69, 9.17) is 4.74 Å². The number of alkyl halides is 6. The van der Waals surface area contributed by atoms with Crippen molar-refractivity contribution in [1.82, 2.24) is 9.80 Å². The van der Waals surface area contributed by atoms with Crippen LogP contribution in [0.4, 0.5) is 26.3 Å². The van der Waals surface area contributed by atoms with Crippen molar-refractivity contribution in [2.24, 2.45) is 0 Å². The smallest absolute Gasteiger partial charge is 0.370 e. The number of rotatable bonds is 6. The van der Waals surface area contributed by atoms with Gasteiger partial charge in [-0.3, -0.25) is 9.69 Å². The highest BCUT2D eigenvalue weighted by atomic mass is 19.4. The van der Waals surface area contributed by atoms with Gasteiger partial charge in [0.05, 0.1) is 17.7 Å². The number of amides is 1. The van der Waals surface area contributed by atoms with E-state index in [2.05, 4.69) is 0 Å². The third-order valence-electron chi connectivity index (χ3n) is 7.64. The summed E-state index contributed by atoms with van der Waals surface area (Å²) < 4.78 is 82.9. The minimum absolute atomic E-state index is 0.0953. The summed E-state index contributed by atoms with van der Waals surface area (Å²) in [5, 5.41) is 0. The summed E-state index contributed by atoms with van der Waals surface area (Å²) in [7, 11) is 0. The van der Waals surface area contributed by atoms with Gasteiger partial charge in [0.15, 0.2) is 0 Å². The molecule has 0 saturated carbocycles. The number of carbonyl (C=O) groups is 1. The quantitative estimate of drug-likeness (QED) is 0.385. The molecule has 10 heteroatoms. The van der Waals surface area contributed by atoms with Crippen molar-refractivity contribution < 1.29 is 35.9 Å². The Labute approximate surface area is 218 Å². The van der Waals surface area contributed by atoms with E-state index in [9.17, 15) is 31.1 Å². The molecule has 2 aliphatic rings. The molecule has 0 aliphatic carbocycles.